The summed E-state index contributed by atoms with van der Waals surface area (Å²) >= 11 is 0. The number of nitrogens with zero attached hydrogens (tertiary/aromatic N) is 6. The summed E-state index contributed by atoms with van der Waals surface area (Å²) in [6.45, 7) is 2.53. The normalized spacial score (nSPS) is 25.3. The highest BCUT2D eigenvalue weighted by atomic mass is 19.4. The Bertz CT molecular complexity index is 1310. The van der Waals surface area contributed by atoms with Gasteiger partial charge in [0, 0.05) is 44.8 Å². The number of rotatable bonds is 6. The van der Waals surface area contributed by atoms with Gasteiger partial charge in [-0.15, -0.1) is 0 Å². The molecule has 0 spiro atoms. The number of H-pyrrole nitrogens is 1. The molecular weight excluding hydrogens is 543 g/mol. The van der Waals surface area contributed by atoms with Gasteiger partial charge in [0.05, 0.1) is 42.3 Å². The summed E-state index contributed by atoms with van der Waals surface area (Å²) in [4.78, 5) is 34.8. The molecule has 14 heteroatoms. The minimum atomic E-state index is -4.87. The molecule has 5 rings (SSSR count). The number of carbonyl (C=O) groups is 1. The van der Waals surface area contributed by atoms with Gasteiger partial charge in [0.25, 0.3) is 5.56 Å². The molecule has 4 heterocycles. The predicted molar refractivity (Wildman–Crippen MR) is 141 cm³/mol. The second kappa shape index (κ2) is 12.0. The second-order valence-corrected chi connectivity index (χ2v) is 10.8. The Morgan fingerprint density at radius 2 is 1.88 bits per heavy atom. The van der Waals surface area contributed by atoms with Crippen LogP contribution in [-0.2, 0) is 15.7 Å². The number of pyridine rings is 1. The fourth-order valence-electron chi connectivity index (χ4n) is 6.00. The van der Waals surface area contributed by atoms with Crippen LogP contribution in [0.1, 0.15) is 43.2 Å². The molecule has 2 saturated heterocycles. The largest absolute Gasteiger partial charge is 0.423 e. The Hall–Kier alpha value is -3.70. The van der Waals surface area contributed by atoms with Crippen LogP contribution in [0.2, 0.25) is 0 Å². The van der Waals surface area contributed by atoms with Gasteiger partial charge >= 0.3 is 6.18 Å². The van der Waals surface area contributed by atoms with Crippen LogP contribution < -0.4 is 15.4 Å². The third-order valence-electron chi connectivity index (χ3n) is 8.16. The van der Waals surface area contributed by atoms with Crippen molar-refractivity contribution < 1.29 is 27.8 Å². The first kappa shape index (κ1) is 28.8. The number of amides is 1. The molecule has 1 aliphatic carbocycles. The number of nitriles is 1. The number of hydrogen-bond donors (Lipinski definition) is 2. The number of nitrogens with one attached hydrogen (secondary N) is 1. The first-order valence-electron chi connectivity index (χ1n) is 13.7. The first-order chi connectivity index (χ1) is 19.6. The first-order valence-corrected chi connectivity index (χ1v) is 13.7. The molecule has 2 aromatic rings. The van der Waals surface area contributed by atoms with Crippen LogP contribution in [0.4, 0.5) is 24.7 Å². The van der Waals surface area contributed by atoms with Gasteiger partial charge in [0.15, 0.2) is 0 Å². The molecule has 1 amide bonds. The molecule has 0 unspecified atom stereocenters. The fourth-order valence-corrected chi connectivity index (χ4v) is 6.00. The van der Waals surface area contributed by atoms with Crippen molar-refractivity contribution in [2.75, 3.05) is 49.1 Å². The number of aliphatic hydroxyl groups excluding tert-OH is 1. The standard InChI is InChI=1S/C27H32F3N7O4/c28-27(29,30)24-22(14-33-34-25(24)39)37-15-20(38)11-19(37)16-41-21-4-2-18(3-5-21)26(40)36-9-7-35(8-10-36)23-6-1-17(12-31)13-32-23/h1,6,13-14,18-21,38H,2-5,7-11,15-16H2,(H,34,39)/t18?,19-,20+,21?/m0/s1. The number of hydrogen-bond acceptors (Lipinski definition) is 9. The van der Waals surface area contributed by atoms with Crippen LogP contribution in [-0.4, -0.2) is 88.7 Å². The van der Waals surface area contributed by atoms with E-state index in [0.717, 1.165) is 12.0 Å². The third kappa shape index (κ3) is 6.46. The molecule has 2 atom stereocenters. The summed E-state index contributed by atoms with van der Waals surface area (Å²) in [5.74, 6) is 0.810. The second-order valence-electron chi connectivity index (χ2n) is 10.8. The predicted octanol–water partition coefficient (Wildman–Crippen LogP) is 1.92. The van der Waals surface area contributed by atoms with Crippen molar-refractivity contribution in [1.82, 2.24) is 20.1 Å². The molecule has 41 heavy (non-hydrogen) atoms. The SMILES string of the molecule is N#Cc1ccc(N2CCN(C(=O)C3CCC(OC[C@@H]4C[C@@H](O)CN4c4cn[nH]c(=O)c4C(F)(F)F)CC3)CC2)nc1. The van der Waals surface area contributed by atoms with E-state index in [0.29, 0.717) is 57.4 Å². The van der Waals surface area contributed by atoms with Gasteiger partial charge in [-0.05, 0) is 44.2 Å². The number of β-amino-alcohol motifs (C(OH)–C–C–N with tert-alkyl or cyclic N) is 1. The molecule has 0 aromatic carbocycles. The zero-order valence-electron chi connectivity index (χ0n) is 22.4. The molecule has 0 radical (unpaired) electrons. The van der Waals surface area contributed by atoms with E-state index >= 15 is 0 Å². The highest BCUT2D eigenvalue weighted by molar-refractivity contribution is 5.79. The summed E-state index contributed by atoms with van der Waals surface area (Å²) in [6.07, 6.45) is -0.524. The lowest BCUT2D eigenvalue weighted by atomic mass is 9.86. The van der Waals surface area contributed by atoms with Gasteiger partial charge in [-0.2, -0.15) is 23.5 Å². The highest BCUT2D eigenvalue weighted by Gasteiger charge is 2.42. The van der Waals surface area contributed by atoms with Gasteiger partial charge in [0.1, 0.15) is 17.5 Å². The third-order valence-corrected chi connectivity index (χ3v) is 8.16. The lowest BCUT2D eigenvalue weighted by Crippen LogP contribution is -2.51. The maximum atomic E-state index is 13.6. The van der Waals surface area contributed by atoms with E-state index in [1.807, 2.05) is 16.1 Å². The monoisotopic (exact) mass is 575 g/mol. The summed E-state index contributed by atoms with van der Waals surface area (Å²) < 4.78 is 46.9. The Morgan fingerprint density at radius 3 is 2.51 bits per heavy atom. The average Bonchev–Trinajstić information content (AvgIpc) is 3.35. The number of anilines is 2. The summed E-state index contributed by atoms with van der Waals surface area (Å²) in [5.41, 5.74) is -2.53. The zero-order valence-corrected chi connectivity index (χ0v) is 22.4. The van der Waals surface area contributed by atoms with E-state index < -0.39 is 29.4 Å². The van der Waals surface area contributed by atoms with Gasteiger partial charge in [-0.25, -0.2) is 10.1 Å². The van der Waals surface area contributed by atoms with Crippen LogP contribution in [0.3, 0.4) is 0 Å². The minimum Gasteiger partial charge on any atom is -0.391 e. The van der Waals surface area contributed by atoms with Crippen molar-refractivity contribution >= 4 is 17.4 Å². The Morgan fingerprint density at radius 1 is 1.15 bits per heavy atom. The maximum absolute atomic E-state index is 13.6. The summed E-state index contributed by atoms with van der Waals surface area (Å²) in [6, 6.07) is 5.05. The van der Waals surface area contributed by atoms with E-state index in [9.17, 15) is 27.9 Å². The molecular formula is C27H32F3N7O4. The number of halogens is 3. The van der Waals surface area contributed by atoms with Crippen LogP contribution in [0, 0.1) is 17.2 Å². The Balaban J connectivity index is 1.11. The van der Waals surface area contributed by atoms with Gasteiger partial charge < -0.3 is 24.5 Å². The zero-order chi connectivity index (χ0) is 29.1. The van der Waals surface area contributed by atoms with Gasteiger partial charge in [-0.1, -0.05) is 0 Å². The van der Waals surface area contributed by atoms with Crippen molar-refractivity contribution in [1.29, 1.82) is 5.26 Å². The molecule has 11 nitrogen and oxygen atoms in total. The molecule has 2 aliphatic heterocycles. The fraction of sp³-hybridized carbons (Fsp3) is 0.593. The van der Waals surface area contributed by atoms with E-state index in [1.165, 1.54) is 4.90 Å². The summed E-state index contributed by atoms with van der Waals surface area (Å²) in [7, 11) is 0. The number of aliphatic hydroxyl groups is 1. The number of carbonyl (C=O) groups excluding carboxylic acids is 1. The number of piperazine rings is 1. The van der Waals surface area contributed by atoms with Crippen LogP contribution in [0.5, 0.6) is 0 Å². The molecule has 0 bridgehead atoms. The van der Waals surface area contributed by atoms with Gasteiger partial charge in [-0.3, -0.25) is 9.59 Å². The Labute approximate surface area is 234 Å². The van der Waals surface area contributed by atoms with Crippen molar-refractivity contribution in [2.24, 2.45) is 5.92 Å². The maximum Gasteiger partial charge on any atom is 0.423 e. The molecule has 220 valence electrons. The quantitative estimate of drug-likeness (QED) is 0.529. The molecule has 2 aromatic heterocycles. The average molecular weight is 576 g/mol. The minimum absolute atomic E-state index is 0.0576. The molecule has 3 aliphatic rings. The van der Waals surface area contributed by atoms with Crippen molar-refractivity contribution in [3.05, 3.63) is 46.0 Å². The lowest BCUT2D eigenvalue weighted by molar-refractivity contribution is -0.139. The number of aromatic nitrogens is 3. The summed E-state index contributed by atoms with van der Waals surface area (Å²) in [5, 5.41) is 24.5. The smallest absolute Gasteiger partial charge is 0.391 e. The lowest BCUT2D eigenvalue weighted by Gasteiger charge is -2.38. The van der Waals surface area contributed by atoms with Gasteiger partial charge in [0.2, 0.25) is 5.91 Å². The van der Waals surface area contributed by atoms with Crippen LogP contribution in [0.15, 0.2) is 29.3 Å². The molecule has 2 N–H and O–H groups in total. The van der Waals surface area contributed by atoms with Crippen LogP contribution in [0.25, 0.3) is 0 Å². The van der Waals surface area contributed by atoms with Crippen molar-refractivity contribution in [3.63, 3.8) is 0 Å². The molecule has 1 saturated carbocycles. The topological polar surface area (TPSA) is 139 Å². The van der Waals surface area contributed by atoms with Crippen molar-refractivity contribution in [2.45, 2.75) is 56.5 Å². The van der Waals surface area contributed by atoms with Crippen LogP contribution >= 0.6 is 0 Å². The Kier molecular flexibility index (Phi) is 8.46. The van der Waals surface area contributed by atoms with E-state index in [-0.39, 0.29) is 43.2 Å². The van der Waals surface area contributed by atoms with E-state index in [4.69, 9.17) is 10.00 Å². The number of ether oxygens (including phenoxy) is 1. The highest BCUT2D eigenvalue weighted by Crippen LogP contribution is 2.37. The van der Waals surface area contributed by atoms with Crippen molar-refractivity contribution in [3.8, 4) is 6.07 Å². The number of aromatic amines is 1. The molecule has 3 fully saturated rings. The van der Waals surface area contributed by atoms with E-state index in [1.54, 1.807) is 12.3 Å². The number of alkyl halides is 3. The van der Waals surface area contributed by atoms with E-state index in [2.05, 4.69) is 21.1 Å².